The average molecular weight is 329 g/mol. The van der Waals surface area contributed by atoms with Crippen LogP contribution in [0, 0.1) is 0 Å². The molecule has 0 atom stereocenters. The molecule has 0 aromatic heterocycles. The molecule has 1 saturated heterocycles. The summed E-state index contributed by atoms with van der Waals surface area (Å²) in [6, 6.07) is 4.46. The number of piperidine rings is 1. The highest BCUT2D eigenvalue weighted by molar-refractivity contribution is 5.41. The quantitative estimate of drug-likeness (QED) is 0.785. The Balaban J connectivity index is 2.21. The molecule has 130 valence electrons. The minimum Gasteiger partial charge on any atom is -0.490 e. The van der Waals surface area contributed by atoms with Crippen molar-refractivity contribution in [2.45, 2.75) is 58.2 Å². The monoisotopic (exact) mass is 329 g/mol. The minimum absolute atomic E-state index is 0.0413. The molecule has 0 saturated carbocycles. The molecule has 0 bridgehead atoms. The predicted octanol–water partition coefficient (Wildman–Crippen LogP) is 4.87. The molecule has 1 fully saturated rings. The number of nitrogens with zero attached hydrogens (tertiary/aromatic N) is 1. The summed E-state index contributed by atoms with van der Waals surface area (Å²) < 4.78 is 45.9. The van der Waals surface area contributed by atoms with Crippen molar-refractivity contribution in [3.63, 3.8) is 0 Å². The van der Waals surface area contributed by atoms with Crippen LogP contribution in [-0.4, -0.2) is 30.6 Å². The van der Waals surface area contributed by atoms with E-state index in [9.17, 15) is 13.2 Å². The van der Waals surface area contributed by atoms with Gasteiger partial charge in [0.2, 0.25) is 0 Å². The molecule has 0 N–H and O–H groups in total. The molecule has 1 aromatic carbocycles. The molecule has 1 aromatic rings. The topological polar surface area (TPSA) is 12.5 Å². The van der Waals surface area contributed by atoms with E-state index in [1.165, 1.54) is 12.1 Å². The van der Waals surface area contributed by atoms with Gasteiger partial charge in [-0.25, -0.2) is 0 Å². The Labute approximate surface area is 136 Å². The van der Waals surface area contributed by atoms with Gasteiger partial charge in [0.05, 0.1) is 5.56 Å². The molecule has 23 heavy (non-hydrogen) atoms. The number of likely N-dealkylation sites (tertiary alicyclic amines) is 1. The lowest BCUT2D eigenvalue weighted by Crippen LogP contribution is -2.38. The van der Waals surface area contributed by atoms with E-state index in [2.05, 4.69) is 11.8 Å². The second kappa shape index (κ2) is 6.71. The molecular formula is C18H26F3NO. The van der Waals surface area contributed by atoms with Crippen LogP contribution in [0.5, 0.6) is 5.75 Å². The standard InChI is InChI=1S/C18H26F3NO/c1-5-22-10-8-14(9-11-22)23-16-7-6-13(17(2,3)4)12-15(16)18(19,20)21/h6-7,12,14H,5,8-11H2,1-4H3. The zero-order chi connectivity index (χ0) is 17.3. The van der Waals surface area contributed by atoms with Gasteiger partial charge < -0.3 is 9.64 Å². The number of halogens is 3. The van der Waals surface area contributed by atoms with Crippen molar-refractivity contribution in [1.29, 1.82) is 0 Å². The van der Waals surface area contributed by atoms with Crippen LogP contribution in [0.3, 0.4) is 0 Å². The van der Waals surface area contributed by atoms with E-state index in [0.29, 0.717) is 5.56 Å². The van der Waals surface area contributed by atoms with Crippen LogP contribution >= 0.6 is 0 Å². The molecule has 0 amide bonds. The highest BCUT2D eigenvalue weighted by Crippen LogP contribution is 2.39. The molecule has 2 nitrogen and oxygen atoms in total. The van der Waals surface area contributed by atoms with Crippen LogP contribution in [-0.2, 0) is 11.6 Å². The van der Waals surface area contributed by atoms with Crippen LogP contribution in [0.1, 0.15) is 51.7 Å². The first-order valence-corrected chi connectivity index (χ1v) is 8.22. The van der Waals surface area contributed by atoms with Crippen LogP contribution in [0.25, 0.3) is 0 Å². The van der Waals surface area contributed by atoms with Gasteiger partial charge in [0.25, 0.3) is 0 Å². The molecule has 2 rings (SSSR count). The van der Waals surface area contributed by atoms with Crippen LogP contribution in [0.15, 0.2) is 18.2 Å². The summed E-state index contributed by atoms with van der Waals surface area (Å²) >= 11 is 0. The molecule has 5 heteroatoms. The van der Waals surface area contributed by atoms with Gasteiger partial charge in [0.1, 0.15) is 11.9 Å². The van der Waals surface area contributed by atoms with E-state index in [-0.39, 0.29) is 17.3 Å². The maximum atomic E-state index is 13.4. The molecule has 0 radical (unpaired) electrons. The minimum atomic E-state index is -4.40. The average Bonchev–Trinajstić information content (AvgIpc) is 2.46. The Morgan fingerprint density at radius 3 is 2.22 bits per heavy atom. The van der Waals surface area contributed by atoms with E-state index < -0.39 is 11.7 Å². The van der Waals surface area contributed by atoms with Crippen molar-refractivity contribution in [3.8, 4) is 5.75 Å². The van der Waals surface area contributed by atoms with E-state index >= 15 is 0 Å². The summed E-state index contributed by atoms with van der Waals surface area (Å²) in [6.07, 6.45) is -3.00. The highest BCUT2D eigenvalue weighted by atomic mass is 19.4. The Morgan fingerprint density at radius 2 is 1.74 bits per heavy atom. The van der Waals surface area contributed by atoms with Crippen molar-refractivity contribution in [3.05, 3.63) is 29.3 Å². The summed E-state index contributed by atoms with van der Waals surface area (Å²) in [7, 11) is 0. The van der Waals surface area contributed by atoms with Crippen molar-refractivity contribution >= 4 is 0 Å². The third-order valence-corrected chi connectivity index (χ3v) is 4.43. The van der Waals surface area contributed by atoms with Crippen molar-refractivity contribution < 1.29 is 17.9 Å². The Bertz CT molecular complexity index is 526. The fourth-order valence-corrected chi connectivity index (χ4v) is 2.84. The summed E-state index contributed by atoms with van der Waals surface area (Å²) in [5.74, 6) is -0.0413. The predicted molar refractivity (Wildman–Crippen MR) is 85.9 cm³/mol. The van der Waals surface area contributed by atoms with Gasteiger partial charge in [-0.15, -0.1) is 0 Å². The normalized spacial score (nSPS) is 18.2. The summed E-state index contributed by atoms with van der Waals surface area (Å²) in [5.41, 5.74) is -0.328. The first kappa shape index (κ1) is 18.1. The third kappa shape index (κ3) is 4.63. The van der Waals surface area contributed by atoms with E-state index in [1.807, 2.05) is 20.8 Å². The lowest BCUT2D eigenvalue weighted by Gasteiger charge is -2.32. The molecule has 0 unspecified atom stereocenters. The van der Waals surface area contributed by atoms with Gasteiger partial charge >= 0.3 is 6.18 Å². The zero-order valence-electron chi connectivity index (χ0n) is 14.3. The molecule has 0 spiro atoms. The smallest absolute Gasteiger partial charge is 0.419 e. The lowest BCUT2D eigenvalue weighted by atomic mass is 9.86. The lowest BCUT2D eigenvalue weighted by molar-refractivity contribution is -0.139. The molecule has 0 aliphatic carbocycles. The number of benzene rings is 1. The Hall–Kier alpha value is -1.23. The van der Waals surface area contributed by atoms with Gasteiger partial charge in [-0.3, -0.25) is 0 Å². The SMILES string of the molecule is CCN1CCC(Oc2ccc(C(C)(C)C)cc2C(F)(F)F)CC1. The second-order valence-corrected chi connectivity index (χ2v) is 7.21. The number of hydrogen-bond donors (Lipinski definition) is 0. The van der Waals surface area contributed by atoms with E-state index in [0.717, 1.165) is 32.5 Å². The fourth-order valence-electron chi connectivity index (χ4n) is 2.84. The highest BCUT2D eigenvalue weighted by Gasteiger charge is 2.36. The van der Waals surface area contributed by atoms with Crippen molar-refractivity contribution in [2.75, 3.05) is 19.6 Å². The van der Waals surface area contributed by atoms with Crippen LogP contribution in [0.4, 0.5) is 13.2 Å². The van der Waals surface area contributed by atoms with Gasteiger partial charge in [0.15, 0.2) is 0 Å². The molecule has 1 aliphatic rings. The van der Waals surface area contributed by atoms with Gasteiger partial charge in [0, 0.05) is 13.1 Å². The first-order valence-electron chi connectivity index (χ1n) is 8.22. The van der Waals surface area contributed by atoms with E-state index in [4.69, 9.17) is 4.74 Å². The first-order chi connectivity index (χ1) is 10.6. The van der Waals surface area contributed by atoms with Gasteiger partial charge in [-0.05, 0) is 42.5 Å². The maximum absolute atomic E-state index is 13.4. The summed E-state index contributed by atoms with van der Waals surface area (Å²) in [5, 5.41) is 0. The summed E-state index contributed by atoms with van der Waals surface area (Å²) in [6.45, 7) is 10.5. The summed E-state index contributed by atoms with van der Waals surface area (Å²) in [4.78, 5) is 2.28. The number of ether oxygens (including phenoxy) is 1. The Morgan fingerprint density at radius 1 is 1.13 bits per heavy atom. The molecule has 1 aliphatic heterocycles. The number of rotatable bonds is 3. The third-order valence-electron chi connectivity index (χ3n) is 4.43. The van der Waals surface area contributed by atoms with Crippen LogP contribution in [0.2, 0.25) is 0 Å². The zero-order valence-corrected chi connectivity index (χ0v) is 14.3. The fraction of sp³-hybridized carbons (Fsp3) is 0.667. The van der Waals surface area contributed by atoms with Gasteiger partial charge in [-0.1, -0.05) is 33.8 Å². The van der Waals surface area contributed by atoms with E-state index in [1.54, 1.807) is 6.07 Å². The number of alkyl halides is 3. The van der Waals surface area contributed by atoms with Crippen LogP contribution < -0.4 is 4.74 Å². The number of hydrogen-bond acceptors (Lipinski definition) is 2. The Kier molecular flexibility index (Phi) is 5.29. The second-order valence-electron chi connectivity index (χ2n) is 7.21. The molecule has 1 heterocycles. The van der Waals surface area contributed by atoms with Gasteiger partial charge in [-0.2, -0.15) is 13.2 Å². The van der Waals surface area contributed by atoms with Crippen molar-refractivity contribution in [1.82, 2.24) is 4.90 Å². The molecular weight excluding hydrogens is 303 g/mol. The van der Waals surface area contributed by atoms with Crippen molar-refractivity contribution in [2.24, 2.45) is 0 Å². The largest absolute Gasteiger partial charge is 0.490 e. The maximum Gasteiger partial charge on any atom is 0.419 e.